The topological polar surface area (TPSA) is 200 Å². The third kappa shape index (κ3) is 14.6. The van der Waals surface area contributed by atoms with Crippen molar-refractivity contribution in [1.82, 2.24) is 19.5 Å². The number of ether oxygens (including phenoxy) is 2. The Kier molecular flexibility index (Phi) is 18.5. The highest BCUT2D eigenvalue weighted by molar-refractivity contribution is 7.51. The molecule has 13 nitrogen and oxygen atoms in total. The van der Waals surface area contributed by atoms with Crippen LogP contribution >= 0.6 is 15.3 Å². The molecule has 0 spiro atoms. The number of hydrogen-bond donors (Lipinski definition) is 4. The summed E-state index contributed by atoms with van der Waals surface area (Å²) in [7, 11) is -7.62. The smallest absolute Gasteiger partial charge is 0.387 e. The fraction of sp³-hybridized carbons (Fsp3) is 0.828. The van der Waals surface area contributed by atoms with Gasteiger partial charge < -0.3 is 34.7 Å². The molecule has 0 radical (unpaired) electrons. The second-order valence-corrected chi connectivity index (χ2v) is 14.0. The lowest BCUT2D eigenvalue weighted by Crippen LogP contribution is -2.27. The maximum Gasteiger partial charge on any atom is 0.387 e. The molecule has 252 valence electrons. The van der Waals surface area contributed by atoms with Crippen molar-refractivity contribution >= 4 is 37.8 Å². The first-order valence-corrected chi connectivity index (χ1v) is 19.1. The van der Waals surface area contributed by atoms with Crippen LogP contribution in [0, 0.1) is 0 Å². The van der Waals surface area contributed by atoms with Crippen molar-refractivity contribution in [1.29, 1.82) is 0 Å². The SMILES string of the molecule is CCCCCCCCCCCCCCCCCCOC(C)c1nc2c(N)nc(P(=O)=O)nc2n1CC(CO)OCP(=O)(O)O. The molecule has 0 bridgehead atoms. The minimum Gasteiger partial charge on any atom is -0.394 e. The number of aromatic nitrogens is 4. The van der Waals surface area contributed by atoms with Gasteiger partial charge in [0, 0.05) is 6.61 Å². The normalized spacial score (nSPS) is 13.5. The molecule has 2 unspecified atom stereocenters. The number of fused-ring (bicyclic) bond motifs is 1. The molecule has 0 aliphatic heterocycles. The van der Waals surface area contributed by atoms with E-state index in [1.807, 2.05) is 0 Å². The summed E-state index contributed by atoms with van der Waals surface area (Å²) in [6.07, 6.45) is 18.0. The number of nitrogens with two attached hydrogens (primary N) is 1. The molecule has 2 aromatic heterocycles. The third-order valence-electron chi connectivity index (χ3n) is 7.60. The van der Waals surface area contributed by atoms with Gasteiger partial charge in [-0.15, -0.1) is 0 Å². The third-order valence-corrected chi connectivity index (χ3v) is 8.61. The van der Waals surface area contributed by atoms with Crippen molar-refractivity contribution in [3.8, 4) is 0 Å². The molecule has 0 aromatic carbocycles. The molecule has 0 saturated heterocycles. The Bertz CT molecular complexity index is 1210. The average molecular weight is 662 g/mol. The Labute approximate surface area is 261 Å². The first-order valence-electron chi connectivity index (χ1n) is 16.1. The van der Waals surface area contributed by atoms with Crippen molar-refractivity contribution in [2.75, 3.05) is 25.3 Å². The quantitative estimate of drug-likeness (QED) is 0.0672. The van der Waals surface area contributed by atoms with Gasteiger partial charge in [-0.25, -0.2) is 14.1 Å². The van der Waals surface area contributed by atoms with Gasteiger partial charge in [0.25, 0.3) is 5.57 Å². The largest absolute Gasteiger partial charge is 0.394 e. The van der Waals surface area contributed by atoms with Gasteiger partial charge in [0.15, 0.2) is 17.0 Å². The van der Waals surface area contributed by atoms with Gasteiger partial charge in [0.05, 0.1) is 19.3 Å². The van der Waals surface area contributed by atoms with Crippen molar-refractivity contribution in [2.45, 2.75) is 135 Å². The van der Waals surface area contributed by atoms with Gasteiger partial charge in [-0.1, -0.05) is 103 Å². The molecule has 5 N–H and O–H groups in total. The Hall–Kier alpha value is -1.72. The molecule has 0 aliphatic carbocycles. The van der Waals surface area contributed by atoms with Gasteiger partial charge in [0.1, 0.15) is 18.3 Å². The molecule has 0 amide bonds. The van der Waals surface area contributed by atoms with Gasteiger partial charge in [0.2, 0.25) is 0 Å². The van der Waals surface area contributed by atoms with Crippen LogP contribution in [-0.4, -0.2) is 60.1 Å². The van der Waals surface area contributed by atoms with Crippen LogP contribution in [0.4, 0.5) is 5.82 Å². The number of aliphatic hydroxyl groups excluding tert-OH is 1. The van der Waals surface area contributed by atoms with Crippen LogP contribution < -0.4 is 11.3 Å². The monoisotopic (exact) mass is 661 g/mol. The molecular weight excluding hydrogens is 608 g/mol. The Balaban J connectivity index is 1.80. The number of anilines is 1. The van der Waals surface area contributed by atoms with Crippen LogP contribution in [0.3, 0.4) is 0 Å². The van der Waals surface area contributed by atoms with E-state index in [1.165, 1.54) is 88.0 Å². The summed E-state index contributed by atoms with van der Waals surface area (Å²) in [5.74, 6) is 0.222. The van der Waals surface area contributed by atoms with Crippen LogP contribution in [0.15, 0.2) is 0 Å². The van der Waals surface area contributed by atoms with E-state index in [-0.39, 0.29) is 23.5 Å². The second-order valence-electron chi connectivity index (χ2n) is 11.5. The highest BCUT2D eigenvalue weighted by Gasteiger charge is 2.25. The summed E-state index contributed by atoms with van der Waals surface area (Å²) >= 11 is 0. The average Bonchev–Trinajstić information content (AvgIpc) is 3.35. The van der Waals surface area contributed by atoms with E-state index in [9.17, 15) is 28.6 Å². The van der Waals surface area contributed by atoms with Crippen LogP contribution in [0.5, 0.6) is 0 Å². The number of unbranched alkanes of at least 4 members (excludes halogenated alkanes) is 15. The van der Waals surface area contributed by atoms with Crippen LogP contribution in [0.2, 0.25) is 0 Å². The summed E-state index contributed by atoms with van der Waals surface area (Å²) < 4.78 is 47.2. The van der Waals surface area contributed by atoms with E-state index in [0.29, 0.717) is 12.4 Å². The standard InChI is InChI=1S/C29H53N5O8P2/c1-3-4-5-6-7-8-9-10-11-12-13-14-15-16-17-18-19-41-23(2)27-31-25-26(30)32-29(43(36)37)33-28(25)34(27)20-24(21-35)42-22-44(38,39)40/h23-24,35H,3-22H2,1-2H3,(H2,30,32,33)(H2,38,39,40). The van der Waals surface area contributed by atoms with Crippen molar-refractivity contribution in [3.05, 3.63) is 5.82 Å². The minimum atomic E-state index is -4.48. The maximum absolute atomic E-state index is 11.6. The zero-order valence-electron chi connectivity index (χ0n) is 26.4. The van der Waals surface area contributed by atoms with E-state index in [1.54, 1.807) is 6.92 Å². The minimum absolute atomic E-state index is 0.0952. The molecule has 0 saturated carbocycles. The molecule has 2 heterocycles. The fourth-order valence-corrected chi connectivity index (χ4v) is 5.92. The Morgan fingerprint density at radius 1 is 0.841 bits per heavy atom. The first kappa shape index (κ1) is 38.5. The van der Waals surface area contributed by atoms with Crippen LogP contribution in [0.1, 0.15) is 129 Å². The predicted octanol–water partition coefficient (Wildman–Crippen LogP) is 6.06. The number of aliphatic hydroxyl groups is 1. The first-order chi connectivity index (χ1) is 21.1. The second kappa shape index (κ2) is 21.1. The lowest BCUT2D eigenvalue weighted by Gasteiger charge is -2.20. The molecular formula is C29H53N5O8P2. The van der Waals surface area contributed by atoms with Crippen molar-refractivity contribution in [3.63, 3.8) is 0 Å². The van der Waals surface area contributed by atoms with E-state index in [2.05, 4.69) is 21.9 Å². The number of rotatable bonds is 26. The molecule has 2 atom stereocenters. The molecule has 0 fully saturated rings. The number of nitrogens with zero attached hydrogens (tertiary/aromatic N) is 4. The van der Waals surface area contributed by atoms with Gasteiger partial charge in [-0.3, -0.25) is 4.57 Å². The van der Waals surface area contributed by atoms with E-state index < -0.39 is 46.0 Å². The fourth-order valence-electron chi connectivity index (χ4n) is 5.15. The number of hydrogen-bond acceptors (Lipinski definition) is 10. The number of imidazole rings is 1. The van der Waals surface area contributed by atoms with Crippen LogP contribution in [0.25, 0.3) is 11.2 Å². The maximum atomic E-state index is 11.6. The molecule has 0 aliphatic rings. The molecule has 2 aromatic rings. The van der Waals surface area contributed by atoms with Gasteiger partial charge in [-0.2, -0.15) is 9.97 Å². The Morgan fingerprint density at radius 2 is 1.36 bits per heavy atom. The molecule has 2 rings (SSSR count). The number of nitrogen functional groups attached to an aromatic ring is 1. The predicted molar refractivity (Wildman–Crippen MR) is 170 cm³/mol. The Morgan fingerprint density at radius 3 is 1.84 bits per heavy atom. The van der Waals surface area contributed by atoms with Crippen molar-refractivity contribution in [2.24, 2.45) is 0 Å². The summed E-state index contributed by atoms with van der Waals surface area (Å²) in [5.41, 5.74) is 5.74. The molecule has 44 heavy (non-hydrogen) atoms. The van der Waals surface area contributed by atoms with E-state index >= 15 is 0 Å². The van der Waals surface area contributed by atoms with E-state index in [4.69, 9.17) is 15.2 Å². The van der Waals surface area contributed by atoms with E-state index in [0.717, 1.165) is 19.3 Å². The highest BCUT2D eigenvalue weighted by Crippen LogP contribution is 2.34. The zero-order chi connectivity index (χ0) is 32.4. The zero-order valence-corrected chi connectivity index (χ0v) is 28.2. The van der Waals surface area contributed by atoms with Crippen molar-refractivity contribution < 1.29 is 38.1 Å². The summed E-state index contributed by atoms with van der Waals surface area (Å²) in [4.78, 5) is 30.7. The summed E-state index contributed by atoms with van der Waals surface area (Å²) in [6, 6.07) is 0. The summed E-state index contributed by atoms with van der Waals surface area (Å²) in [5, 5.41) is 9.79. The molecule has 15 heteroatoms. The highest BCUT2D eigenvalue weighted by atomic mass is 31.2. The van der Waals surface area contributed by atoms with Crippen LogP contribution in [-0.2, 0) is 29.7 Å². The lowest BCUT2D eigenvalue weighted by atomic mass is 10.0. The van der Waals surface area contributed by atoms with Gasteiger partial charge in [-0.05, 0) is 13.3 Å². The summed E-state index contributed by atoms with van der Waals surface area (Å²) in [6.45, 7) is 3.84. The lowest BCUT2D eigenvalue weighted by molar-refractivity contribution is 0.0153. The van der Waals surface area contributed by atoms with Gasteiger partial charge >= 0.3 is 15.3 Å².